The maximum atomic E-state index is 12.0. The normalized spacial score (nSPS) is 10.5. The van der Waals surface area contributed by atoms with Gasteiger partial charge in [0.1, 0.15) is 11.5 Å². The molecule has 0 aliphatic heterocycles. The highest BCUT2D eigenvalue weighted by Crippen LogP contribution is 2.28. The molecule has 2 aromatic rings. The lowest BCUT2D eigenvalue weighted by Gasteiger charge is -2.10. The first-order chi connectivity index (χ1) is 10.6. The largest absolute Gasteiger partial charge is 0.497 e. The molecule has 2 rings (SSSR count). The third-order valence-electron chi connectivity index (χ3n) is 2.96. The van der Waals surface area contributed by atoms with E-state index in [1.54, 1.807) is 38.5 Å². The fourth-order valence-corrected chi connectivity index (χ4v) is 2.10. The van der Waals surface area contributed by atoms with Crippen molar-refractivity contribution in [2.24, 2.45) is 0 Å². The Hall–Kier alpha value is -2.27. The van der Waals surface area contributed by atoms with E-state index in [0.717, 1.165) is 10.0 Å². The van der Waals surface area contributed by atoms with E-state index < -0.39 is 0 Å². The van der Waals surface area contributed by atoms with E-state index in [0.29, 0.717) is 17.2 Å². The molecule has 1 N–H and O–H groups in total. The average Bonchev–Trinajstić information content (AvgIpc) is 2.54. The van der Waals surface area contributed by atoms with E-state index in [-0.39, 0.29) is 5.91 Å². The zero-order valence-electron chi connectivity index (χ0n) is 12.3. The highest BCUT2D eigenvalue weighted by atomic mass is 79.9. The molecule has 0 aliphatic carbocycles. The summed E-state index contributed by atoms with van der Waals surface area (Å²) < 4.78 is 11.4. The van der Waals surface area contributed by atoms with Crippen molar-refractivity contribution < 1.29 is 14.3 Å². The van der Waals surface area contributed by atoms with Crippen molar-refractivity contribution in [1.29, 1.82) is 0 Å². The number of halogens is 1. The van der Waals surface area contributed by atoms with Gasteiger partial charge in [-0.05, 0) is 35.9 Å². The SMILES string of the molecule is COc1ccc(OC)c(NC(=O)/C=C/c2ccc(Br)cc2)c1. The van der Waals surface area contributed by atoms with Crippen molar-refractivity contribution in [3.05, 3.63) is 58.6 Å². The van der Waals surface area contributed by atoms with Gasteiger partial charge in [-0.2, -0.15) is 0 Å². The number of carbonyl (C=O) groups is 1. The maximum absolute atomic E-state index is 12.0. The summed E-state index contributed by atoms with van der Waals surface area (Å²) in [6.07, 6.45) is 3.22. The third kappa shape index (κ3) is 4.36. The quantitative estimate of drug-likeness (QED) is 0.814. The Kier molecular flexibility index (Phi) is 5.61. The number of carbonyl (C=O) groups excluding carboxylic acids is 1. The zero-order valence-corrected chi connectivity index (χ0v) is 13.9. The lowest BCUT2D eigenvalue weighted by Crippen LogP contribution is -2.09. The van der Waals surface area contributed by atoms with Crippen LogP contribution in [0.1, 0.15) is 5.56 Å². The van der Waals surface area contributed by atoms with Crippen molar-refractivity contribution in [3.8, 4) is 11.5 Å². The molecule has 0 fully saturated rings. The van der Waals surface area contributed by atoms with Crippen LogP contribution in [0.15, 0.2) is 53.0 Å². The first kappa shape index (κ1) is 16.1. The highest BCUT2D eigenvalue weighted by molar-refractivity contribution is 9.10. The molecule has 5 heteroatoms. The lowest BCUT2D eigenvalue weighted by atomic mass is 10.2. The number of hydrogen-bond donors (Lipinski definition) is 1. The van der Waals surface area contributed by atoms with Crippen molar-refractivity contribution in [1.82, 2.24) is 0 Å². The summed E-state index contributed by atoms with van der Waals surface area (Å²) in [6.45, 7) is 0. The second-order valence-corrected chi connectivity index (χ2v) is 5.36. The Morgan fingerprint density at radius 1 is 1.09 bits per heavy atom. The monoisotopic (exact) mass is 361 g/mol. The zero-order chi connectivity index (χ0) is 15.9. The fourth-order valence-electron chi connectivity index (χ4n) is 1.83. The fraction of sp³-hybridized carbons (Fsp3) is 0.118. The van der Waals surface area contributed by atoms with Gasteiger partial charge in [0, 0.05) is 16.6 Å². The van der Waals surface area contributed by atoms with Gasteiger partial charge in [0.15, 0.2) is 0 Å². The Balaban J connectivity index is 2.09. The van der Waals surface area contributed by atoms with Gasteiger partial charge >= 0.3 is 0 Å². The van der Waals surface area contributed by atoms with Crippen molar-refractivity contribution in [3.63, 3.8) is 0 Å². The lowest BCUT2D eigenvalue weighted by molar-refractivity contribution is -0.111. The molecule has 0 radical (unpaired) electrons. The van der Waals surface area contributed by atoms with Gasteiger partial charge in [0.2, 0.25) is 5.91 Å². The van der Waals surface area contributed by atoms with Crippen molar-refractivity contribution in [2.75, 3.05) is 19.5 Å². The van der Waals surface area contributed by atoms with E-state index >= 15 is 0 Å². The molecule has 1 amide bonds. The average molecular weight is 362 g/mol. The predicted octanol–water partition coefficient (Wildman–Crippen LogP) is 4.12. The number of anilines is 1. The number of hydrogen-bond acceptors (Lipinski definition) is 3. The minimum atomic E-state index is -0.241. The van der Waals surface area contributed by atoms with Crippen LogP contribution in [0.25, 0.3) is 6.08 Å². The molecule has 0 heterocycles. The van der Waals surface area contributed by atoms with Crippen LogP contribution in [0.5, 0.6) is 11.5 Å². The van der Waals surface area contributed by atoms with Crippen LogP contribution in [0.2, 0.25) is 0 Å². The van der Waals surface area contributed by atoms with Crippen LogP contribution in [0.4, 0.5) is 5.69 Å². The summed E-state index contributed by atoms with van der Waals surface area (Å²) in [5.74, 6) is 0.980. The van der Waals surface area contributed by atoms with Gasteiger partial charge in [0.05, 0.1) is 19.9 Å². The Bertz CT molecular complexity index is 681. The first-order valence-corrected chi connectivity index (χ1v) is 7.38. The smallest absolute Gasteiger partial charge is 0.248 e. The van der Waals surface area contributed by atoms with E-state index in [4.69, 9.17) is 9.47 Å². The number of amides is 1. The number of rotatable bonds is 5. The van der Waals surface area contributed by atoms with Gasteiger partial charge in [-0.1, -0.05) is 28.1 Å². The van der Waals surface area contributed by atoms with Crippen molar-refractivity contribution >= 4 is 33.6 Å². The van der Waals surface area contributed by atoms with Gasteiger partial charge in [-0.3, -0.25) is 4.79 Å². The second-order valence-electron chi connectivity index (χ2n) is 4.44. The van der Waals surface area contributed by atoms with Crippen LogP contribution in [0, 0.1) is 0 Å². The van der Waals surface area contributed by atoms with Gasteiger partial charge in [-0.25, -0.2) is 0 Å². The molecule has 0 aliphatic rings. The molecule has 0 aromatic heterocycles. The maximum Gasteiger partial charge on any atom is 0.248 e. The second kappa shape index (κ2) is 7.66. The summed E-state index contributed by atoms with van der Waals surface area (Å²) in [5, 5.41) is 2.78. The van der Waals surface area contributed by atoms with Crippen LogP contribution in [0.3, 0.4) is 0 Å². The van der Waals surface area contributed by atoms with Crippen molar-refractivity contribution in [2.45, 2.75) is 0 Å². The summed E-state index contributed by atoms with van der Waals surface area (Å²) in [5.41, 5.74) is 1.50. The summed E-state index contributed by atoms with van der Waals surface area (Å²) >= 11 is 3.37. The molecular weight excluding hydrogens is 346 g/mol. The molecule has 0 saturated heterocycles. The van der Waals surface area contributed by atoms with Crippen LogP contribution >= 0.6 is 15.9 Å². The minimum Gasteiger partial charge on any atom is -0.497 e. The Morgan fingerprint density at radius 3 is 2.45 bits per heavy atom. The number of benzene rings is 2. The number of ether oxygens (including phenoxy) is 2. The van der Waals surface area contributed by atoms with Crippen LogP contribution in [-0.2, 0) is 4.79 Å². The molecule has 114 valence electrons. The molecule has 0 atom stereocenters. The first-order valence-electron chi connectivity index (χ1n) is 6.59. The molecule has 0 unspecified atom stereocenters. The Labute approximate surface area is 137 Å². The van der Waals surface area contributed by atoms with E-state index in [9.17, 15) is 4.79 Å². The third-order valence-corrected chi connectivity index (χ3v) is 3.49. The highest BCUT2D eigenvalue weighted by Gasteiger charge is 2.07. The number of nitrogens with one attached hydrogen (secondary N) is 1. The topological polar surface area (TPSA) is 47.6 Å². The summed E-state index contributed by atoms with van der Waals surface area (Å²) in [4.78, 5) is 12.0. The Morgan fingerprint density at radius 2 is 1.82 bits per heavy atom. The van der Waals surface area contributed by atoms with Gasteiger partial charge < -0.3 is 14.8 Å². The number of methoxy groups -OCH3 is 2. The van der Waals surface area contributed by atoms with Gasteiger partial charge in [0.25, 0.3) is 0 Å². The van der Waals surface area contributed by atoms with Crippen LogP contribution in [-0.4, -0.2) is 20.1 Å². The molecule has 0 bridgehead atoms. The minimum absolute atomic E-state index is 0.241. The van der Waals surface area contributed by atoms with Crippen LogP contribution < -0.4 is 14.8 Å². The molecule has 4 nitrogen and oxygen atoms in total. The van der Waals surface area contributed by atoms with E-state index in [1.807, 2.05) is 24.3 Å². The molecule has 0 spiro atoms. The standard InChI is InChI=1S/C17H16BrNO3/c1-21-14-8-9-16(22-2)15(11-14)19-17(20)10-5-12-3-6-13(18)7-4-12/h3-11H,1-2H3,(H,19,20)/b10-5+. The van der Waals surface area contributed by atoms with Gasteiger partial charge in [-0.15, -0.1) is 0 Å². The molecular formula is C17H16BrNO3. The summed E-state index contributed by atoms with van der Waals surface area (Å²) in [6, 6.07) is 12.9. The molecule has 22 heavy (non-hydrogen) atoms. The van der Waals surface area contributed by atoms with E-state index in [2.05, 4.69) is 21.2 Å². The van der Waals surface area contributed by atoms with E-state index in [1.165, 1.54) is 6.08 Å². The molecule has 0 saturated carbocycles. The molecule has 2 aromatic carbocycles. The summed E-state index contributed by atoms with van der Waals surface area (Å²) in [7, 11) is 3.12. The predicted molar refractivity (Wildman–Crippen MR) is 91.4 cm³/mol.